The fourth-order valence-corrected chi connectivity index (χ4v) is 2.34. The van der Waals surface area contributed by atoms with Crippen LogP contribution in [0.5, 0.6) is 5.75 Å². The minimum atomic E-state index is 0.0575. The van der Waals surface area contributed by atoms with Crippen LogP contribution in [-0.4, -0.2) is 23.7 Å². The van der Waals surface area contributed by atoms with Gasteiger partial charge in [0.2, 0.25) is 0 Å². The van der Waals surface area contributed by atoms with Crippen LogP contribution in [0.1, 0.15) is 22.8 Å². The Balaban J connectivity index is 1.74. The maximum absolute atomic E-state index is 11.3. The third-order valence-electron chi connectivity index (χ3n) is 3.72. The summed E-state index contributed by atoms with van der Waals surface area (Å²) in [6, 6.07) is 17.1. The van der Waals surface area contributed by atoms with Crippen molar-refractivity contribution in [3.63, 3.8) is 0 Å². The number of rotatable bonds is 5. The van der Waals surface area contributed by atoms with Crippen molar-refractivity contribution in [3.05, 3.63) is 78.1 Å². The van der Waals surface area contributed by atoms with E-state index in [0.29, 0.717) is 5.56 Å². The van der Waals surface area contributed by atoms with Crippen LogP contribution in [0.3, 0.4) is 0 Å². The van der Waals surface area contributed by atoms with Crippen molar-refractivity contribution in [1.82, 2.24) is 4.57 Å². The molecule has 3 rings (SSSR count). The van der Waals surface area contributed by atoms with E-state index in [1.54, 1.807) is 26.2 Å². The normalized spacial score (nSPS) is 10.9. The van der Waals surface area contributed by atoms with Gasteiger partial charge >= 0.3 is 0 Å². The van der Waals surface area contributed by atoms with Gasteiger partial charge in [0, 0.05) is 35.4 Å². The molecule has 0 bridgehead atoms. The van der Waals surface area contributed by atoms with Gasteiger partial charge in [-0.05, 0) is 61.5 Å². The monoisotopic (exact) mass is 318 g/mol. The van der Waals surface area contributed by atoms with Crippen molar-refractivity contribution in [2.45, 2.75) is 6.92 Å². The third kappa shape index (κ3) is 3.60. The highest BCUT2D eigenvalue weighted by Crippen LogP contribution is 2.17. The summed E-state index contributed by atoms with van der Waals surface area (Å²) in [6.07, 6.45) is 5.81. The Morgan fingerprint density at radius 2 is 1.75 bits per heavy atom. The second-order valence-electron chi connectivity index (χ2n) is 5.41. The van der Waals surface area contributed by atoms with Gasteiger partial charge in [-0.25, -0.2) is 0 Å². The van der Waals surface area contributed by atoms with E-state index >= 15 is 0 Å². The molecule has 24 heavy (non-hydrogen) atoms. The molecule has 0 radical (unpaired) electrons. The third-order valence-corrected chi connectivity index (χ3v) is 3.72. The molecule has 1 aromatic heterocycles. The zero-order valence-electron chi connectivity index (χ0n) is 13.6. The van der Waals surface area contributed by atoms with Crippen LogP contribution in [0.25, 0.3) is 5.69 Å². The van der Waals surface area contributed by atoms with Crippen LogP contribution in [0.4, 0.5) is 5.69 Å². The van der Waals surface area contributed by atoms with E-state index in [4.69, 9.17) is 4.74 Å². The number of nitrogens with zero attached hydrogens (tertiary/aromatic N) is 2. The van der Waals surface area contributed by atoms with E-state index in [2.05, 4.69) is 4.99 Å². The molecule has 0 atom stereocenters. The summed E-state index contributed by atoms with van der Waals surface area (Å²) >= 11 is 0. The molecule has 0 amide bonds. The first-order chi connectivity index (χ1) is 11.7. The molecule has 0 saturated carbocycles. The van der Waals surface area contributed by atoms with Crippen molar-refractivity contribution in [2.24, 2.45) is 4.99 Å². The minimum Gasteiger partial charge on any atom is -0.497 e. The first-order valence-corrected chi connectivity index (χ1v) is 7.63. The van der Waals surface area contributed by atoms with Crippen LogP contribution >= 0.6 is 0 Å². The minimum absolute atomic E-state index is 0.0575. The predicted molar refractivity (Wildman–Crippen MR) is 96.0 cm³/mol. The van der Waals surface area contributed by atoms with E-state index in [1.165, 1.54) is 0 Å². The quantitative estimate of drug-likeness (QED) is 0.515. The summed E-state index contributed by atoms with van der Waals surface area (Å²) in [6.45, 7) is 1.56. The average molecular weight is 318 g/mol. The fourth-order valence-electron chi connectivity index (χ4n) is 2.34. The number of Topliss-reactive ketones (excluding diaryl/α,β-unsaturated/α-hetero) is 1. The molecule has 0 spiro atoms. The Hall–Kier alpha value is -3.14. The maximum Gasteiger partial charge on any atom is 0.159 e. The molecule has 4 nitrogen and oxygen atoms in total. The van der Waals surface area contributed by atoms with Crippen LogP contribution in [0, 0.1) is 0 Å². The topological polar surface area (TPSA) is 43.6 Å². The lowest BCUT2D eigenvalue weighted by atomic mass is 10.1. The lowest BCUT2D eigenvalue weighted by Crippen LogP contribution is -1.90. The van der Waals surface area contributed by atoms with Gasteiger partial charge < -0.3 is 9.30 Å². The van der Waals surface area contributed by atoms with Crippen LogP contribution < -0.4 is 4.74 Å². The number of benzene rings is 2. The van der Waals surface area contributed by atoms with Crippen molar-refractivity contribution in [2.75, 3.05) is 7.11 Å². The molecule has 0 saturated heterocycles. The van der Waals surface area contributed by atoms with Crippen LogP contribution in [-0.2, 0) is 0 Å². The van der Waals surface area contributed by atoms with Crippen molar-refractivity contribution < 1.29 is 9.53 Å². The average Bonchev–Trinajstić information content (AvgIpc) is 3.09. The number of methoxy groups -OCH3 is 1. The summed E-state index contributed by atoms with van der Waals surface area (Å²) < 4.78 is 7.20. The van der Waals surface area contributed by atoms with Crippen molar-refractivity contribution >= 4 is 17.7 Å². The smallest absolute Gasteiger partial charge is 0.159 e. The molecule has 0 aliphatic heterocycles. The van der Waals surface area contributed by atoms with Gasteiger partial charge in [-0.3, -0.25) is 9.79 Å². The Kier molecular flexibility index (Phi) is 4.57. The van der Waals surface area contributed by atoms with E-state index < -0.39 is 0 Å². The molecular weight excluding hydrogens is 300 g/mol. The van der Waals surface area contributed by atoms with Gasteiger partial charge in [-0.1, -0.05) is 0 Å². The zero-order valence-corrected chi connectivity index (χ0v) is 13.6. The van der Waals surface area contributed by atoms with Gasteiger partial charge in [-0.15, -0.1) is 0 Å². The van der Waals surface area contributed by atoms with E-state index in [9.17, 15) is 4.79 Å². The molecule has 2 aromatic carbocycles. The van der Waals surface area contributed by atoms with Crippen LogP contribution in [0.2, 0.25) is 0 Å². The second kappa shape index (κ2) is 6.96. The number of aromatic nitrogens is 1. The van der Waals surface area contributed by atoms with Gasteiger partial charge in [0.05, 0.1) is 12.8 Å². The molecule has 0 fully saturated rings. The lowest BCUT2D eigenvalue weighted by molar-refractivity contribution is 0.101. The number of ether oxygens (including phenoxy) is 1. The Bertz CT molecular complexity index is 859. The summed E-state index contributed by atoms with van der Waals surface area (Å²) in [5.41, 5.74) is 3.57. The lowest BCUT2D eigenvalue weighted by Gasteiger charge is -2.04. The SMILES string of the molecule is COc1ccc(-n2ccc(C=Nc3ccc(C(C)=O)cc3)c2)cc1. The first kappa shape index (κ1) is 15.7. The van der Waals surface area contributed by atoms with Crippen LogP contribution in [0.15, 0.2) is 72.0 Å². The van der Waals surface area contributed by atoms with Gasteiger partial charge in [0.1, 0.15) is 5.75 Å². The van der Waals surface area contributed by atoms with Gasteiger partial charge in [0.25, 0.3) is 0 Å². The molecule has 0 N–H and O–H groups in total. The number of hydrogen-bond acceptors (Lipinski definition) is 3. The summed E-state index contributed by atoms with van der Waals surface area (Å²) in [5.74, 6) is 0.892. The molecule has 0 aliphatic rings. The van der Waals surface area contributed by atoms with Gasteiger partial charge in [-0.2, -0.15) is 0 Å². The molecule has 0 unspecified atom stereocenters. The molecule has 0 aliphatic carbocycles. The summed E-state index contributed by atoms with van der Waals surface area (Å²) in [7, 11) is 1.65. The molecule has 120 valence electrons. The summed E-state index contributed by atoms with van der Waals surface area (Å²) in [5, 5.41) is 0. The predicted octanol–water partition coefficient (Wildman–Crippen LogP) is 4.44. The highest BCUT2D eigenvalue weighted by atomic mass is 16.5. The highest BCUT2D eigenvalue weighted by molar-refractivity contribution is 5.94. The fraction of sp³-hybridized carbons (Fsp3) is 0.100. The van der Waals surface area contributed by atoms with E-state index in [-0.39, 0.29) is 5.78 Å². The number of carbonyl (C=O) groups excluding carboxylic acids is 1. The number of ketones is 1. The maximum atomic E-state index is 11.3. The number of carbonyl (C=O) groups is 1. The van der Waals surface area contributed by atoms with Crippen molar-refractivity contribution in [1.29, 1.82) is 0 Å². The second-order valence-corrected chi connectivity index (χ2v) is 5.41. The molecule has 4 heteroatoms. The standard InChI is InChI=1S/C20H18N2O2/c1-15(23)17-3-5-18(6-4-17)21-13-16-11-12-22(14-16)19-7-9-20(24-2)10-8-19/h3-14H,1-2H3. The Morgan fingerprint density at radius 3 is 2.38 bits per heavy atom. The number of hydrogen-bond donors (Lipinski definition) is 0. The Morgan fingerprint density at radius 1 is 1.04 bits per heavy atom. The van der Waals surface area contributed by atoms with Gasteiger partial charge in [0.15, 0.2) is 5.78 Å². The number of aliphatic imine (C=N–C) groups is 1. The Labute approximate surface area is 141 Å². The van der Waals surface area contributed by atoms with Crippen molar-refractivity contribution in [3.8, 4) is 11.4 Å². The largest absolute Gasteiger partial charge is 0.497 e. The summed E-state index contributed by atoms with van der Waals surface area (Å²) in [4.78, 5) is 15.7. The molecule has 1 heterocycles. The van der Waals surface area contributed by atoms with E-state index in [0.717, 1.165) is 22.7 Å². The zero-order chi connectivity index (χ0) is 16.9. The molecule has 3 aromatic rings. The highest BCUT2D eigenvalue weighted by Gasteiger charge is 2.00. The first-order valence-electron chi connectivity index (χ1n) is 7.63. The van der Waals surface area contributed by atoms with E-state index in [1.807, 2.05) is 65.6 Å². The molecular formula is C20H18N2O2.